The van der Waals surface area contributed by atoms with E-state index in [4.69, 9.17) is 5.73 Å². The number of hydrogen-bond acceptors (Lipinski definition) is 3. The largest absolute Gasteiger partial charge is 0.380 e. The Balaban J connectivity index is 2.16. The molecule has 1 unspecified atom stereocenters. The lowest BCUT2D eigenvalue weighted by molar-refractivity contribution is 0.100. The Hall–Kier alpha value is -1.07. The molecule has 1 aliphatic heterocycles. The molecule has 2 rings (SSSR count). The Morgan fingerprint density at radius 2 is 2.35 bits per heavy atom. The van der Waals surface area contributed by atoms with E-state index in [-0.39, 0.29) is 0 Å². The van der Waals surface area contributed by atoms with Crippen molar-refractivity contribution in [1.82, 2.24) is 5.32 Å². The molecule has 1 aromatic rings. The van der Waals surface area contributed by atoms with E-state index in [1.165, 1.54) is 0 Å². The number of hydrogen-bond donors (Lipinski definition) is 3. The maximum atomic E-state index is 11.4. The molecule has 1 aromatic carbocycles. The second-order valence-corrected chi connectivity index (χ2v) is 5.16. The minimum Gasteiger partial charge on any atom is -0.380 e. The standard InChI is InChI=1S/C12H16BrN3O/c13-8-3-4-11(10(6-8)12(14)17)16-9-2-1-5-15-7-9/h3-4,6,9,15-16H,1-2,5,7H2,(H2,14,17). The summed E-state index contributed by atoms with van der Waals surface area (Å²) in [6.07, 6.45) is 2.27. The second-order valence-electron chi connectivity index (χ2n) is 4.24. The summed E-state index contributed by atoms with van der Waals surface area (Å²) in [7, 11) is 0. The lowest BCUT2D eigenvalue weighted by Gasteiger charge is -2.25. The first-order valence-corrected chi connectivity index (χ1v) is 6.53. The van der Waals surface area contributed by atoms with Crippen molar-refractivity contribution in [3.63, 3.8) is 0 Å². The van der Waals surface area contributed by atoms with Gasteiger partial charge in [0.1, 0.15) is 0 Å². The maximum absolute atomic E-state index is 11.4. The highest BCUT2D eigenvalue weighted by Gasteiger charge is 2.15. The molecule has 1 heterocycles. The smallest absolute Gasteiger partial charge is 0.250 e. The minimum atomic E-state index is -0.405. The second kappa shape index (κ2) is 5.51. The molecule has 0 aliphatic carbocycles. The number of primary amides is 1. The van der Waals surface area contributed by atoms with Crippen molar-refractivity contribution in [3.05, 3.63) is 28.2 Å². The Morgan fingerprint density at radius 3 is 3.00 bits per heavy atom. The zero-order valence-electron chi connectivity index (χ0n) is 9.50. The Bertz CT molecular complexity index is 416. The van der Waals surface area contributed by atoms with Crippen LogP contribution in [0, 0.1) is 0 Å². The van der Waals surface area contributed by atoms with Gasteiger partial charge in [-0.25, -0.2) is 0 Å². The van der Waals surface area contributed by atoms with E-state index in [1.54, 1.807) is 6.07 Å². The van der Waals surface area contributed by atoms with Crippen molar-refractivity contribution < 1.29 is 4.79 Å². The third-order valence-corrected chi connectivity index (χ3v) is 3.40. The summed E-state index contributed by atoms with van der Waals surface area (Å²) in [6, 6.07) is 5.91. The van der Waals surface area contributed by atoms with Gasteiger partial charge in [0.15, 0.2) is 0 Å². The number of nitrogens with two attached hydrogens (primary N) is 1. The number of halogens is 1. The summed E-state index contributed by atoms with van der Waals surface area (Å²) in [5.41, 5.74) is 6.72. The van der Waals surface area contributed by atoms with Crippen LogP contribution in [0.4, 0.5) is 5.69 Å². The van der Waals surface area contributed by atoms with Gasteiger partial charge < -0.3 is 16.4 Å². The van der Waals surface area contributed by atoms with Gasteiger partial charge in [0, 0.05) is 22.7 Å². The number of carbonyl (C=O) groups excluding carboxylic acids is 1. The minimum absolute atomic E-state index is 0.364. The SMILES string of the molecule is NC(=O)c1cc(Br)ccc1NC1CCCNC1. The molecular formula is C12H16BrN3O. The number of nitrogens with one attached hydrogen (secondary N) is 2. The molecule has 0 spiro atoms. The van der Waals surface area contributed by atoms with Crippen molar-refractivity contribution in [1.29, 1.82) is 0 Å². The van der Waals surface area contributed by atoms with Gasteiger partial charge in [-0.15, -0.1) is 0 Å². The van der Waals surface area contributed by atoms with E-state index in [1.807, 2.05) is 12.1 Å². The molecule has 0 saturated carbocycles. The first-order chi connectivity index (χ1) is 8.16. The summed E-state index contributed by atoms with van der Waals surface area (Å²) in [4.78, 5) is 11.4. The number of rotatable bonds is 3. The van der Waals surface area contributed by atoms with Gasteiger partial charge in [-0.2, -0.15) is 0 Å². The lowest BCUT2D eigenvalue weighted by atomic mass is 10.1. The fraction of sp³-hybridized carbons (Fsp3) is 0.417. The van der Waals surface area contributed by atoms with Crippen LogP contribution in [0.2, 0.25) is 0 Å². The molecule has 1 amide bonds. The summed E-state index contributed by atoms with van der Waals surface area (Å²) in [5.74, 6) is -0.405. The van der Waals surface area contributed by atoms with Crippen LogP contribution >= 0.6 is 15.9 Å². The monoisotopic (exact) mass is 297 g/mol. The number of amides is 1. The summed E-state index contributed by atoms with van der Waals surface area (Å²) in [6.45, 7) is 2.00. The highest BCUT2D eigenvalue weighted by Crippen LogP contribution is 2.22. The van der Waals surface area contributed by atoms with Gasteiger partial charge in [0.2, 0.25) is 0 Å². The van der Waals surface area contributed by atoms with E-state index >= 15 is 0 Å². The van der Waals surface area contributed by atoms with Gasteiger partial charge in [-0.05, 0) is 37.6 Å². The predicted octanol–water partition coefficient (Wildman–Crippen LogP) is 1.71. The van der Waals surface area contributed by atoms with Crippen LogP contribution in [-0.2, 0) is 0 Å². The van der Waals surface area contributed by atoms with Crippen LogP contribution in [0.5, 0.6) is 0 Å². The fourth-order valence-corrected chi connectivity index (χ4v) is 2.40. The number of carbonyl (C=O) groups is 1. The molecule has 0 radical (unpaired) electrons. The number of piperidine rings is 1. The van der Waals surface area contributed by atoms with Crippen LogP contribution in [-0.4, -0.2) is 25.0 Å². The van der Waals surface area contributed by atoms with Crippen molar-refractivity contribution in [2.45, 2.75) is 18.9 Å². The molecule has 4 nitrogen and oxygen atoms in total. The van der Waals surface area contributed by atoms with Crippen LogP contribution < -0.4 is 16.4 Å². The molecule has 17 heavy (non-hydrogen) atoms. The van der Waals surface area contributed by atoms with Crippen molar-refractivity contribution in [2.75, 3.05) is 18.4 Å². The van der Waals surface area contributed by atoms with Gasteiger partial charge in [0.25, 0.3) is 5.91 Å². The molecular weight excluding hydrogens is 282 g/mol. The van der Waals surface area contributed by atoms with Gasteiger partial charge in [-0.1, -0.05) is 15.9 Å². The molecule has 0 aromatic heterocycles. The van der Waals surface area contributed by atoms with Crippen LogP contribution in [0.3, 0.4) is 0 Å². The Morgan fingerprint density at radius 1 is 1.53 bits per heavy atom. The third kappa shape index (κ3) is 3.20. The molecule has 1 atom stereocenters. The zero-order chi connectivity index (χ0) is 12.3. The average molecular weight is 298 g/mol. The molecule has 1 fully saturated rings. The summed E-state index contributed by atoms with van der Waals surface area (Å²) >= 11 is 3.34. The lowest BCUT2D eigenvalue weighted by Crippen LogP contribution is -2.38. The van der Waals surface area contributed by atoms with Gasteiger partial charge in [0.05, 0.1) is 5.56 Å². The maximum Gasteiger partial charge on any atom is 0.250 e. The van der Waals surface area contributed by atoms with Crippen LogP contribution in [0.25, 0.3) is 0 Å². The zero-order valence-corrected chi connectivity index (χ0v) is 11.1. The van der Waals surface area contributed by atoms with E-state index in [0.717, 1.165) is 36.1 Å². The summed E-state index contributed by atoms with van der Waals surface area (Å²) in [5, 5.41) is 6.70. The molecule has 1 aliphatic rings. The van der Waals surface area contributed by atoms with Crippen molar-refractivity contribution >= 4 is 27.5 Å². The molecule has 4 N–H and O–H groups in total. The van der Waals surface area contributed by atoms with Crippen molar-refractivity contribution in [2.24, 2.45) is 5.73 Å². The molecule has 0 bridgehead atoms. The van der Waals surface area contributed by atoms with Crippen molar-refractivity contribution in [3.8, 4) is 0 Å². The Kier molecular flexibility index (Phi) is 4.02. The van der Waals surface area contributed by atoms with Crippen LogP contribution in [0.1, 0.15) is 23.2 Å². The number of benzene rings is 1. The van der Waals surface area contributed by atoms with E-state index in [0.29, 0.717) is 11.6 Å². The molecule has 1 saturated heterocycles. The average Bonchev–Trinajstić information content (AvgIpc) is 2.32. The summed E-state index contributed by atoms with van der Waals surface area (Å²) < 4.78 is 0.860. The molecule has 5 heteroatoms. The predicted molar refractivity (Wildman–Crippen MR) is 72.2 cm³/mol. The normalized spacial score (nSPS) is 19.9. The third-order valence-electron chi connectivity index (χ3n) is 2.90. The topological polar surface area (TPSA) is 67.2 Å². The van der Waals surface area contributed by atoms with Gasteiger partial charge >= 0.3 is 0 Å². The molecule has 92 valence electrons. The quantitative estimate of drug-likeness (QED) is 0.796. The first-order valence-electron chi connectivity index (χ1n) is 5.73. The van der Waals surface area contributed by atoms with E-state index < -0.39 is 5.91 Å². The number of anilines is 1. The highest BCUT2D eigenvalue weighted by atomic mass is 79.9. The van der Waals surface area contributed by atoms with E-state index in [2.05, 4.69) is 26.6 Å². The Labute approximate surface area is 109 Å². The van der Waals surface area contributed by atoms with E-state index in [9.17, 15) is 4.79 Å². The van der Waals surface area contributed by atoms with Gasteiger partial charge in [-0.3, -0.25) is 4.79 Å². The van der Waals surface area contributed by atoms with Crippen LogP contribution in [0.15, 0.2) is 22.7 Å². The fourth-order valence-electron chi connectivity index (χ4n) is 2.04. The first kappa shape index (κ1) is 12.4. The highest BCUT2D eigenvalue weighted by molar-refractivity contribution is 9.10.